The zero-order valence-electron chi connectivity index (χ0n) is 12.8. The van der Waals surface area contributed by atoms with Gasteiger partial charge >= 0.3 is 0 Å². The predicted octanol–water partition coefficient (Wildman–Crippen LogP) is 1.70. The third-order valence-corrected chi connectivity index (χ3v) is 3.43. The first kappa shape index (κ1) is 16.1. The van der Waals surface area contributed by atoms with Crippen molar-refractivity contribution < 1.29 is 0 Å². The maximum atomic E-state index is 6.01. The number of benzene rings is 2. The van der Waals surface area contributed by atoms with Gasteiger partial charge in [0.15, 0.2) is 0 Å². The van der Waals surface area contributed by atoms with Crippen LogP contribution in [0.2, 0.25) is 0 Å². The van der Waals surface area contributed by atoms with Gasteiger partial charge in [0.25, 0.3) is 0 Å². The lowest BCUT2D eigenvalue weighted by Crippen LogP contribution is -2.30. The Hall–Kier alpha value is -2.30. The summed E-state index contributed by atoms with van der Waals surface area (Å²) >= 11 is 0. The van der Waals surface area contributed by atoms with Crippen molar-refractivity contribution in [2.24, 2.45) is 11.5 Å². The van der Waals surface area contributed by atoms with Crippen LogP contribution in [0.25, 0.3) is 0 Å². The number of hydrogen-bond donors (Lipinski definition) is 4. The van der Waals surface area contributed by atoms with E-state index in [1.165, 1.54) is 11.1 Å². The summed E-state index contributed by atoms with van der Waals surface area (Å²) in [6, 6.07) is 20.5. The molecule has 22 heavy (non-hydrogen) atoms. The Morgan fingerprint density at radius 2 is 1.36 bits per heavy atom. The lowest BCUT2D eigenvalue weighted by molar-refractivity contribution is 0.669. The smallest absolute Gasteiger partial charge is 0.0454 e. The second-order valence-electron chi connectivity index (χ2n) is 5.14. The normalized spacial score (nSPS) is 11.9. The Bertz CT molecular complexity index is 579. The summed E-state index contributed by atoms with van der Waals surface area (Å²) in [6.45, 7) is 2.56. The van der Waals surface area contributed by atoms with E-state index in [2.05, 4.69) is 34.9 Å². The summed E-state index contributed by atoms with van der Waals surface area (Å²) < 4.78 is 0. The predicted molar refractivity (Wildman–Crippen MR) is 91.7 cm³/mol. The lowest BCUT2D eigenvalue weighted by atomic mass is 10.2. The highest BCUT2D eigenvalue weighted by Gasteiger charge is 2.03. The van der Waals surface area contributed by atoms with Gasteiger partial charge in [0.2, 0.25) is 0 Å². The first-order valence-corrected chi connectivity index (χ1v) is 7.49. The molecule has 116 valence electrons. The van der Waals surface area contributed by atoms with Crippen LogP contribution in [0.4, 0.5) is 0 Å². The fourth-order valence-corrected chi connectivity index (χ4v) is 2.15. The molecular weight excluding hydrogens is 272 g/mol. The van der Waals surface area contributed by atoms with Gasteiger partial charge in [0.1, 0.15) is 0 Å². The fraction of sp³-hybridized carbons (Fsp3) is 0.222. The largest absolute Gasteiger partial charge is 0.400 e. The molecule has 0 saturated carbocycles. The minimum absolute atomic E-state index is 0.351. The van der Waals surface area contributed by atoms with Crippen molar-refractivity contribution in [3.05, 3.63) is 83.2 Å². The van der Waals surface area contributed by atoms with E-state index in [0.29, 0.717) is 18.8 Å². The van der Waals surface area contributed by atoms with Crippen molar-refractivity contribution >= 4 is 0 Å². The van der Waals surface area contributed by atoms with Gasteiger partial charge < -0.3 is 22.1 Å². The molecule has 2 aromatic rings. The van der Waals surface area contributed by atoms with Crippen molar-refractivity contribution in [2.75, 3.05) is 13.1 Å². The fourth-order valence-electron chi connectivity index (χ4n) is 2.15. The second kappa shape index (κ2) is 8.87. The van der Waals surface area contributed by atoms with Crippen molar-refractivity contribution in [1.82, 2.24) is 10.6 Å². The van der Waals surface area contributed by atoms with E-state index in [9.17, 15) is 0 Å². The average molecular weight is 296 g/mol. The molecule has 0 amide bonds. The summed E-state index contributed by atoms with van der Waals surface area (Å²) in [6.07, 6.45) is 0. The molecule has 0 atom stereocenters. The first-order valence-electron chi connectivity index (χ1n) is 7.49. The van der Waals surface area contributed by atoms with E-state index < -0.39 is 0 Å². The van der Waals surface area contributed by atoms with Crippen molar-refractivity contribution in [3.8, 4) is 0 Å². The maximum Gasteiger partial charge on any atom is 0.0454 e. The Morgan fingerprint density at radius 1 is 0.818 bits per heavy atom. The highest BCUT2D eigenvalue weighted by atomic mass is 15.0. The van der Waals surface area contributed by atoms with Gasteiger partial charge in [-0.15, -0.1) is 0 Å². The van der Waals surface area contributed by atoms with Crippen LogP contribution in [0.15, 0.2) is 72.1 Å². The molecule has 0 aliphatic rings. The zero-order chi connectivity index (χ0) is 15.6. The Kier molecular flexibility index (Phi) is 6.48. The molecule has 6 N–H and O–H groups in total. The molecule has 0 aromatic heterocycles. The highest BCUT2D eigenvalue weighted by Crippen LogP contribution is 2.02. The van der Waals surface area contributed by atoms with Gasteiger partial charge in [-0.3, -0.25) is 0 Å². The van der Waals surface area contributed by atoms with Crippen LogP contribution >= 0.6 is 0 Å². The molecule has 2 rings (SSSR count). The van der Waals surface area contributed by atoms with Crippen LogP contribution in [0.1, 0.15) is 11.1 Å². The molecule has 0 aliphatic heterocycles. The van der Waals surface area contributed by atoms with Crippen molar-refractivity contribution in [2.45, 2.75) is 13.1 Å². The van der Waals surface area contributed by atoms with E-state index in [0.717, 1.165) is 18.8 Å². The van der Waals surface area contributed by atoms with Gasteiger partial charge in [-0.05, 0) is 11.1 Å². The summed E-state index contributed by atoms with van der Waals surface area (Å²) in [5.74, 6) is 0. The van der Waals surface area contributed by atoms with E-state index in [-0.39, 0.29) is 0 Å². The Morgan fingerprint density at radius 3 is 1.91 bits per heavy atom. The number of nitrogens with one attached hydrogen (secondary N) is 2. The van der Waals surface area contributed by atoms with Gasteiger partial charge in [0.05, 0.1) is 0 Å². The molecule has 0 bridgehead atoms. The number of hydrogen-bond acceptors (Lipinski definition) is 4. The Labute approximate surface area is 132 Å². The SMILES string of the molecule is NCC(N)=C(CNCc1ccccc1)NCc1ccccc1. The van der Waals surface area contributed by atoms with Gasteiger partial charge in [-0.2, -0.15) is 0 Å². The Balaban J connectivity index is 1.87. The van der Waals surface area contributed by atoms with Crippen molar-refractivity contribution in [1.29, 1.82) is 0 Å². The summed E-state index contributed by atoms with van der Waals surface area (Å²) in [7, 11) is 0. The molecular formula is C18H24N4. The lowest BCUT2D eigenvalue weighted by Gasteiger charge is -2.15. The first-order chi connectivity index (χ1) is 10.8. The standard InChI is InChI=1S/C18H24N4/c19-11-17(20)18(22-13-16-9-5-2-6-10-16)14-21-12-15-7-3-1-4-8-15/h1-10,21-22H,11-14,19-20H2. The van der Waals surface area contributed by atoms with Crippen LogP contribution in [-0.2, 0) is 13.1 Å². The van der Waals surface area contributed by atoms with E-state index in [1.807, 2.05) is 36.4 Å². The summed E-state index contributed by atoms with van der Waals surface area (Å²) in [5, 5.41) is 6.78. The molecule has 4 heteroatoms. The molecule has 0 heterocycles. The van der Waals surface area contributed by atoms with Crippen LogP contribution < -0.4 is 22.1 Å². The maximum absolute atomic E-state index is 6.01. The topological polar surface area (TPSA) is 76.1 Å². The van der Waals surface area contributed by atoms with Crippen LogP contribution in [0, 0.1) is 0 Å². The van der Waals surface area contributed by atoms with Gasteiger partial charge in [-0.1, -0.05) is 60.7 Å². The average Bonchev–Trinajstić information content (AvgIpc) is 2.59. The molecule has 0 unspecified atom stereocenters. The monoisotopic (exact) mass is 296 g/mol. The molecule has 0 spiro atoms. The summed E-state index contributed by atoms with van der Waals surface area (Å²) in [5.41, 5.74) is 15.8. The molecule has 0 radical (unpaired) electrons. The highest BCUT2D eigenvalue weighted by molar-refractivity contribution is 5.19. The molecule has 0 aliphatic carbocycles. The van der Waals surface area contributed by atoms with Crippen LogP contribution in [0.3, 0.4) is 0 Å². The molecule has 2 aromatic carbocycles. The number of rotatable bonds is 8. The second-order valence-corrected chi connectivity index (χ2v) is 5.14. The van der Waals surface area contributed by atoms with E-state index >= 15 is 0 Å². The quantitative estimate of drug-likeness (QED) is 0.598. The minimum atomic E-state index is 0.351. The third-order valence-electron chi connectivity index (χ3n) is 3.43. The van der Waals surface area contributed by atoms with Crippen LogP contribution in [0.5, 0.6) is 0 Å². The molecule has 4 nitrogen and oxygen atoms in total. The summed E-state index contributed by atoms with van der Waals surface area (Å²) in [4.78, 5) is 0. The van der Waals surface area contributed by atoms with E-state index in [1.54, 1.807) is 0 Å². The molecule has 0 saturated heterocycles. The number of nitrogens with two attached hydrogens (primary N) is 2. The van der Waals surface area contributed by atoms with E-state index in [4.69, 9.17) is 11.5 Å². The zero-order valence-corrected chi connectivity index (χ0v) is 12.8. The van der Waals surface area contributed by atoms with Crippen LogP contribution in [-0.4, -0.2) is 13.1 Å². The van der Waals surface area contributed by atoms with Gasteiger partial charge in [-0.25, -0.2) is 0 Å². The third kappa shape index (κ3) is 5.24. The molecule has 0 fully saturated rings. The van der Waals surface area contributed by atoms with Crippen molar-refractivity contribution in [3.63, 3.8) is 0 Å². The van der Waals surface area contributed by atoms with Gasteiger partial charge in [0, 0.05) is 37.6 Å². The minimum Gasteiger partial charge on any atom is -0.400 e.